The summed E-state index contributed by atoms with van der Waals surface area (Å²) in [6, 6.07) is 18.8. The van der Waals surface area contributed by atoms with Crippen LogP contribution >= 0.6 is 0 Å². The van der Waals surface area contributed by atoms with E-state index < -0.39 is 0 Å². The number of phenols is 3. The van der Waals surface area contributed by atoms with E-state index in [1.165, 1.54) is 38.5 Å². The van der Waals surface area contributed by atoms with Crippen LogP contribution in [0.5, 0.6) is 23.0 Å². The molecule has 4 aromatic carbocycles. The van der Waals surface area contributed by atoms with Crippen molar-refractivity contribution in [1.82, 2.24) is 0 Å². The van der Waals surface area contributed by atoms with Crippen LogP contribution in [0.1, 0.15) is 199 Å². The maximum absolute atomic E-state index is 13.5. The number of carbonyl (C=O) groups excluding carboxylic acids is 2. The van der Waals surface area contributed by atoms with Crippen molar-refractivity contribution in [3.8, 4) is 23.0 Å². The molecule has 0 atom stereocenters. The first-order chi connectivity index (χ1) is 30.3. The maximum Gasteiger partial charge on any atom is 0.224 e. The standard InChI is InChI=1S/C57H82N2O6/c1-14-15-16-17-18-19-20-21-30-65-49-27-25-43(59-51(62)29-23-39-33-46(56(8,9)10)53(64)47(34-39)57(11,12)13)37-41(49)35-40-36-42(24-26-48(40)60)58-50(61)28-22-38-31-44(54(2,3)4)52(63)45(32-38)55(5,6)7/h24-27,31-34,36-37,60,63-64H,14-23,28-30,35H2,1-13H3,(H,58,61)(H,59,62). The summed E-state index contributed by atoms with van der Waals surface area (Å²) in [5.74, 6) is 1.14. The Morgan fingerprint density at radius 2 is 0.892 bits per heavy atom. The minimum Gasteiger partial charge on any atom is -0.508 e. The van der Waals surface area contributed by atoms with E-state index in [9.17, 15) is 24.9 Å². The van der Waals surface area contributed by atoms with Gasteiger partial charge in [0.15, 0.2) is 0 Å². The fourth-order valence-electron chi connectivity index (χ4n) is 8.29. The van der Waals surface area contributed by atoms with Gasteiger partial charge in [-0.25, -0.2) is 0 Å². The summed E-state index contributed by atoms with van der Waals surface area (Å²) in [7, 11) is 0. The van der Waals surface area contributed by atoms with Crippen molar-refractivity contribution >= 4 is 23.2 Å². The Bertz CT molecular complexity index is 2160. The summed E-state index contributed by atoms with van der Waals surface area (Å²) in [4.78, 5) is 26.9. The second-order valence-corrected chi connectivity index (χ2v) is 22.3. The molecular formula is C57H82N2O6. The first kappa shape index (κ1) is 52.6. The zero-order valence-corrected chi connectivity index (χ0v) is 42.2. The van der Waals surface area contributed by atoms with Gasteiger partial charge in [-0.2, -0.15) is 0 Å². The van der Waals surface area contributed by atoms with Crippen molar-refractivity contribution in [2.24, 2.45) is 0 Å². The smallest absolute Gasteiger partial charge is 0.224 e. The molecule has 4 aromatic rings. The van der Waals surface area contributed by atoms with Crippen LogP contribution in [0.4, 0.5) is 11.4 Å². The van der Waals surface area contributed by atoms with Crippen LogP contribution < -0.4 is 15.4 Å². The zero-order chi connectivity index (χ0) is 48.3. The Balaban J connectivity index is 1.52. The Morgan fingerprint density at radius 1 is 0.508 bits per heavy atom. The Hall–Kier alpha value is -4.98. The van der Waals surface area contributed by atoms with Gasteiger partial charge < -0.3 is 30.7 Å². The topological polar surface area (TPSA) is 128 Å². The van der Waals surface area contributed by atoms with Crippen LogP contribution in [0.15, 0.2) is 60.7 Å². The third-order valence-electron chi connectivity index (χ3n) is 12.2. The highest BCUT2D eigenvalue weighted by molar-refractivity contribution is 5.92. The minimum absolute atomic E-state index is 0.0955. The van der Waals surface area contributed by atoms with Gasteiger partial charge in [-0.15, -0.1) is 0 Å². The van der Waals surface area contributed by atoms with Gasteiger partial charge in [-0.05, 0) is 111 Å². The first-order valence-electron chi connectivity index (χ1n) is 24.2. The number of amides is 2. The summed E-state index contributed by atoms with van der Waals surface area (Å²) >= 11 is 0. The molecule has 8 nitrogen and oxygen atoms in total. The van der Waals surface area contributed by atoms with E-state index in [4.69, 9.17) is 4.74 Å². The van der Waals surface area contributed by atoms with Gasteiger partial charge in [0.2, 0.25) is 11.8 Å². The molecule has 0 fully saturated rings. The third-order valence-corrected chi connectivity index (χ3v) is 12.2. The van der Waals surface area contributed by atoms with Crippen molar-refractivity contribution in [1.29, 1.82) is 0 Å². The summed E-state index contributed by atoms with van der Waals surface area (Å²) in [5, 5.41) is 39.6. The van der Waals surface area contributed by atoms with Gasteiger partial charge in [-0.3, -0.25) is 9.59 Å². The Morgan fingerprint density at radius 3 is 1.31 bits per heavy atom. The lowest BCUT2D eigenvalue weighted by molar-refractivity contribution is -0.117. The van der Waals surface area contributed by atoms with Crippen molar-refractivity contribution < 1.29 is 29.6 Å². The molecule has 0 bridgehead atoms. The van der Waals surface area contributed by atoms with Gasteiger partial charge in [0.25, 0.3) is 0 Å². The number of nitrogens with one attached hydrogen (secondary N) is 2. The van der Waals surface area contributed by atoms with Crippen LogP contribution in [-0.2, 0) is 50.5 Å². The molecular weight excluding hydrogens is 809 g/mol. The first-order valence-corrected chi connectivity index (χ1v) is 24.2. The molecule has 0 heterocycles. The molecule has 0 saturated heterocycles. The second kappa shape index (κ2) is 22.5. The van der Waals surface area contributed by atoms with Crippen LogP contribution in [0.25, 0.3) is 0 Å². The lowest BCUT2D eigenvalue weighted by Gasteiger charge is -2.28. The van der Waals surface area contributed by atoms with Crippen LogP contribution in [0, 0.1) is 0 Å². The molecule has 5 N–H and O–H groups in total. The van der Waals surface area contributed by atoms with Gasteiger partial charge in [0, 0.05) is 41.8 Å². The lowest BCUT2D eigenvalue weighted by Crippen LogP contribution is -2.18. The molecule has 0 aliphatic heterocycles. The van der Waals surface area contributed by atoms with E-state index in [1.807, 2.05) is 42.5 Å². The number of anilines is 2. The highest BCUT2D eigenvalue weighted by Gasteiger charge is 2.28. The van der Waals surface area contributed by atoms with Crippen molar-refractivity contribution in [3.63, 3.8) is 0 Å². The molecule has 0 aliphatic rings. The number of unbranched alkanes of at least 4 members (excludes halogenated alkanes) is 7. The summed E-state index contributed by atoms with van der Waals surface area (Å²) < 4.78 is 6.38. The largest absolute Gasteiger partial charge is 0.508 e. The van der Waals surface area contributed by atoms with Gasteiger partial charge in [0.05, 0.1) is 6.61 Å². The molecule has 0 unspecified atom stereocenters. The van der Waals surface area contributed by atoms with Gasteiger partial charge in [0.1, 0.15) is 23.0 Å². The number of benzene rings is 4. The fourth-order valence-corrected chi connectivity index (χ4v) is 8.29. The summed E-state index contributed by atoms with van der Waals surface area (Å²) in [6.45, 7) is 27.8. The molecule has 4 rings (SSSR count). The van der Waals surface area contributed by atoms with E-state index in [0.29, 0.717) is 60.1 Å². The molecule has 356 valence electrons. The molecule has 0 aromatic heterocycles. The average Bonchev–Trinajstić information content (AvgIpc) is 3.19. The normalized spacial score (nSPS) is 12.3. The maximum atomic E-state index is 13.5. The van der Waals surface area contributed by atoms with Gasteiger partial charge in [-0.1, -0.05) is 159 Å². The van der Waals surface area contributed by atoms with E-state index >= 15 is 0 Å². The number of hydrogen-bond donors (Lipinski definition) is 5. The average molecular weight is 891 g/mol. The quantitative estimate of drug-likeness (QED) is 0.0444. The van der Waals surface area contributed by atoms with Crippen LogP contribution in [-0.4, -0.2) is 33.7 Å². The predicted molar refractivity (Wildman–Crippen MR) is 270 cm³/mol. The predicted octanol–water partition coefficient (Wildman–Crippen LogP) is 14.2. The number of carbonyl (C=O) groups is 2. The number of hydrogen-bond acceptors (Lipinski definition) is 6. The summed E-state index contributed by atoms with van der Waals surface area (Å²) in [5.41, 5.74) is 7.04. The zero-order valence-electron chi connectivity index (χ0n) is 42.2. The van der Waals surface area contributed by atoms with Gasteiger partial charge >= 0.3 is 0 Å². The molecule has 0 spiro atoms. The molecule has 0 aliphatic carbocycles. The highest BCUT2D eigenvalue weighted by Crippen LogP contribution is 2.42. The second-order valence-electron chi connectivity index (χ2n) is 22.3. The van der Waals surface area contributed by atoms with Crippen molar-refractivity contribution in [3.05, 3.63) is 105 Å². The highest BCUT2D eigenvalue weighted by atomic mass is 16.5. The molecule has 0 radical (unpaired) electrons. The molecule has 2 amide bonds. The number of aromatic hydroxyl groups is 3. The SMILES string of the molecule is CCCCCCCCCCOc1ccc(NC(=O)CCc2cc(C(C)(C)C)c(O)c(C(C)(C)C)c2)cc1Cc1cc(NC(=O)CCc2cc(C(C)(C)C)c(O)c(C(C)(C)C)c2)ccc1O. The summed E-state index contributed by atoms with van der Waals surface area (Å²) in [6.07, 6.45) is 11.4. The Kier molecular flexibility index (Phi) is 18.2. The fraction of sp³-hybridized carbons (Fsp3) is 0.544. The van der Waals surface area contributed by atoms with E-state index in [0.717, 1.165) is 51.8 Å². The third kappa shape index (κ3) is 15.9. The lowest BCUT2D eigenvalue weighted by atomic mass is 9.78. The number of rotatable bonds is 20. The molecule has 65 heavy (non-hydrogen) atoms. The number of ether oxygens (including phenoxy) is 1. The molecule has 8 heteroatoms. The van der Waals surface area contributed by atoms with E-state index in [1.54, 1.807) is 18.2 Å². The number of phenolic OH excluding ortho intramolecular Hbond substituents is 3. The van der Waals surface area contributed by atoms with Crippen LogP contribution in [0.3, 0.4) is 0 Å². The van der Waals surface area contributed by atoms with E-state index in [2.05, 4.69) is 101 Å². The Labute approximate surface area is 392 Å². The van der Waals surface area contributed by atoms with Crippen molar-refractivity contribution in [2.75, 3.05) is 17.2 Å². The van der Waals surface area contributed by atoms with Crippen LogP contribution in [0.2, 0.25) is 0 Å². The minimum atomic E-state index is -0.267. The monoisotopic (exact) mass is 891 g/mol. The van der Waals surface area contributed by atoms with E-state index in [-0.39, 0.29) is 52.1 Å². The number of aryl methyl sites for hydroxylation is 2. The molecule has 0 saturated carbocycles. The van der Waals surface area contributed by atoms with Crippen molar-refractivity contribution in [2.45, 2.75) is 195 Å².